The van der Waals surface area contributed by atoms with Crippen LogP contribution in [0.25, 0.3) is 4.85 Å². The van der Waals surface area contributed by atoms with E-state index in [1.807, 2.05) is 0 Å². The van der Waals surface area contributed by atoms with Crippen LogP contribution < -0.4 is 0 Å². The van der Waals surface area contributed by atoms with E-state index < -0.39 is 0 Å². The van der Waals surface area contributed by atoms with Crippen molar-refractivity contribution < 1.29 is 0 Å². The van der Waals surface area contributed by atoms with E-state index in [-0.39, 0.29) is 5.54 Å². The van der Waals surface area contributed by atoms with E-state index in [0.29, 0.717) is 11.8 Å². The number of hydrogen-bond acceptors (Lipinski definition) is 0. The first-order chi connectivity index (χ1) is 4.13. The van der Waals surface area contributed by atoms with Gasteiger partial charge in [-0.15, -0.1) is 0 Å². The van der Waals surface area contributed by atoms with Gasteiger partial charge in [0.25, 0.3) is 0 Å². The molecule has 0 amide bonds. The van der Waals surface area contributed by atoms with Gasteiger partial charge in [-0.3, -0.25) is 0 Å². The Morgan fingerprint density at radius 2 is 2.11 bits per heavy atom. The zero-order valence-electron chi connectivity index (χ0n) is 6.31. The molecule has 0 bridgehead atoms. The van der Waals surface area contributed by atoms with Crippen LogP contribution in [0, 0.1) is 18.4 Å². The third-order valence-corrected chi connectivity index (χ3v) is 2.53. The minimum Gasteiger partial charge on any atom is -0.310 e. The lowest BCUT2D eigenvalue weighted by Crippen LogP contribution is -2.13. The zero-order valence-corrected chi connectivity index (χ0v) is 6.31. The second kappa shape index (κ2) is 1.73. The molecule has 50 valence electrons. The first-order valence-electron chi connectivity index (χ1n) is 3.52. The number of hydrogen-bond donors (Lipinski definition) is 0. The van der Waals surface area contributed by atoms with Crippen LogP contribution in [0.15, 0.2) is 0 Å². The normalized spacial score (nSPS) is 40.6. The lowest BCUT2D eigenvalue weighted by Gasteiger charge is -2.05. The van der Waals surface area contributed by atoms with Crippen LogP contribution in [0.5, 0.6) is 0 Å². The highest BCUT2D eigenvalue weighted by atomic mass is 14.9. The fourth-order valence-electron chi connectivity index (χ4n) is 1.52. The highest BCUT2D eigenvalue weighted by molar-refractivity contribution is 5.17. The molecular formula is C8H13N. The highest BCUT2D eigenvalue weighted by Gasteiger charge is 2.61. The summed E-state index contributed by atoms with van der Waals surface area (Å²) in [5.74, 6) is 1.19. The summed E-state index contributed by atoms with van der Waals surface area (Å²) in [4.78, 5) is 3.66. The summed E-state index contributed by atoms with van der Waals surface area (Å²) in [5, 5.41) is 0. The van der Waals surface area contributed by atoms with Crippen LogP contribution in [-0.2, 0) is 0 Å². The Labute approximate surface area is 56.9 Å². The van der Waals surface area contributed by atoms with Crippen molar-refractivity contribution in [3.63, 3.8) is 0 Å². The van der Waals surface area contributed by atoms with E-state index in [1.165, 1.54) is 0 Å². The summed E-state index contributed by atoms with van der Waals surface area (Å²) in [7, 11) is 0. The monoisotopic (exact) mass is 123 g/mol. The van der Waals surface area contributed by atoms with Crippen LogP contribution >= 0.6 is 0 Å². The Morgan fingerprint density at radius 1 is 1.67 bits per heavy atom. The Bertz CT molecular complexity index is 154. The van der Waals surface area contributed by atoms with Crippen molar-refractivity contribution in [2.24, 2.45) is 11.8 Å². The Hall–Kier alpha value is -0.510. The van der Waals surface area contributed by atoms with E-state index in [4.69, 9.17) is 6.57 Å². The summed E-state index contributed by atoms with van der Waals surface area (Å²) in [6.07, 6.45) is 1.12. The van der Waals surface area contributed by atoms with Gasteiger partial charge in [0, 0.05) is 18.3 Å². The largest absolute Gasteiger partial charge is 0.310 e. The smallest absolute Gasteiger partial charge is 0.238 e. The molecule has 1 fully saturated rings. The van der Waals surface area contributed by atoms with E-state index in [2.05, 4.69) is 25.6 Å². The standard InChI is InChI=1S/C8H13N/c1-6(2)8(9-4)5-7(8)3/h6-7H,5H2,1-3H3. The predicted octanol–water partition coefficient (Wildman–Crippen LogP) is 2.34. The van der Waals surface area contributed by atoms with Crippen LogP contribution in [0.2, 0.25) is 0 Å². The molecule has 2 atom stereocenters. The van der Waals surface area contributed by atoms with E-state index in [0.717, 1.165) is 6.42 Å². The minimum atomic E-state index is 0.0417. The fourth-order valence-corrected chi connectivity index (χ4v) is 1.52. The van der Waals surface area contributed by atoms with Gasteiger partial charge in [0.1, 0.15) is 0 Å². The molecule has 1 aliphatic rings. The van der Waals surface area contributed by atoms with Gasteiger partial charge in [-0.25, -0.2) is 6.57 Å². The molecule has 0 spiro atoms. The molecular weight excluding hydrogens is 110 g/mol. The average molecular weight is 123 g/mol. The second-order valence-electron chi connectivity index (χ2n) is 3.36. The molecule has 0 N–H and O–H groups in total. The lowest BCUT2D eigenvalue weighted by molar-refractivity contribution is 0.510. The van der Waals surface area contributed by atoms with Crippen molar-refractivity contribution in [3.8, 4) is 0 Å². The molecule has 0 aromatic carbocycles. The number of nitrogens with zero attached hydrogens (tertiary/aromatic N) is 1. The molecule has 0 radical (unpaired) electrons. The van der Waals surface area contributed by atoms with Crippen molar-refractivity contribution in [2.75, 3.05) is 0 Å². The van der Waals surface area contributed by atoms with Gasteiger partial charge >= 0.3 is 0 Å². The first-order valence-corrected chi connectivity index (χ1v) is 3.52. The molecule has 1 saturated carbocycles. The summed E-state index contributed by atoms with van der Waals surface area (Å²) in [6, 6.07) is 0. The van der Waals surface area contributed by atoms with Gasteiger partial charge in [-0.2, -0.15) is 0 Å². The molecule has 0 aromatic heterocycles. The van der Waals surface area contributed by atoms with Gasteiger partial charge in [-0.05, 0) is 0 Å². The van der Waals surface area contributed by atoms with Crippen molar-refractivity contribution in [1.29, 1.82) is 0 Å². The topological polar surface area (TPSA) is 4.36 Å². The van der Waals surface area contributed by atoms with Crippen LogP contribution in [-0.4, -0.2) is 5.54 Å². The minimum absolute atomic E-state index is 0.0417. The molecule has 9 heavy (non-hydrogen) atoms. The SMILES string of the molecule is [C-]#[N+]C1(C(C)C)CC1C. The summed E-state index contributed by atoms with van der Waals surface area (Å²) >= 11 is 0. The van der Waals surface area contributed by atoms with Crippen LogP contribution in [0.3, 0.4) is 0 Å². The first kappa shape index (κ1) is 6.61. The Kier molecular flexibility index (Phi) is 1.27. The highest BCUT2D eigenvalue weighted by Crippen LogP contribution is 2.51. The maximum Gasteiger partial charge on any atom is 0.238 e. The molecule has 2 unspecified atom stereocenters. The van der Waals surface area contributed by atoms with E-state index >= 15 is 0 Å². The van der Waals surface area contributed by atoms with Gasteiger partial charge in [0.05, 0.1) is 0 Å². The summed E-state index contributed by atoms with van der Waals surface area (Å²) < 4.78 is 0. The van der Waals surface area contributed by atoms with Crippen LogP contribution in [0.4, 0.5) is 0 Å². The molecule has 1 rings (SSSR count). The molecule has 0 aliphatic heterocycles. The maximum absolute atomic E-state index is 6.95. The quantitative estimate of drug-likeness (QED) is 0.471. The van der Waals surface area contributed by atoms with Crippen molar-refractivity contribution in [1.82, 2.24) is 0 Å². The van der Waals surface area contributed by atoms with Gasteiger partial charge < -0.3 is 4.85 Å². The molecule has 1 nitrogen and oxygen atoms in total. The average Bonchev–Trinajstić information content (AvgIpc) is 2.43. The van der Waals surface area contributed by atoms with Gasteiger partial charge in [-0.1, -0.05) is 20.8 Å². The fraction of sp³-hybridized carbons (Fsp3) is 0.875. The van der Waals surface area contributed by atoms with E-state index in [9.17, 15) is 0 Å². The van der Waals surface area contributed by atoms with Crippen molar-refractivity contribution in [3.05, 3.63) is 11.4 Å². The summed E-state index contributed by atoms with van der Waals surface area (Å²) in [5.41, 5.74) is 0.0417. The zero-order chi connectivity index (χ0) is 7.07. The van der Waals surface area contributed by atoms with E-state index in [1.54, 1.807) is 0 Å². The molecule has 1 aliphatic carbocycles. The molecule has 0 saturated heterocycles. The predicted molar refractivity (Wildman–Crippen MR) is 38.0 cm³/mol. The summed E-state index contributed by atoms with van der Waals surface area (Å²) in [6.45, 7) is 13.4. The van der Waals surface area contributed by atoms with Gasteiger partial charge in [0.2, 0.25) is 5.54 Å². The van der Waals surface area contributed by atoms with Gasteiger partial charge in [0.15, 0.2) is 0 Å². The third-order valence-electron chi connectivity index (χ3n) is 2.53. The van der Waals surface area contributed by atoms with Crippen LogP contribution in [0.1, 0.15) is 27.2 Å². The molecule has 1 heteroatoms. The maximum atomic E-state index is 6.95. The number of rotatable bonds is 1. The Morgan fingerprint density at radius 3 is 2.11 bits per heavy atom. The lowest BCUT2D eigenvalue weighted by atomic mass is 10.0. The third kappa shape index (κ3) is 0.738. The second-order valence-corrected chi connectivity index (χ2v) is 3.36. The molecule has 0 aromatic rings. The molecule has 0 heterocycles. The van der Waals surface area contributed by atoms with Crippen molar-refractivity contribution >= 4 is 0 Å². The van der Waals surface area contributed by atoms with Crippen molar-refractivity contribution in [2.45, 2.75) is 32.7 Å². The Balaban J connectivity index is 2.66.